The van der Waals surface area contributed by atoms with Crippen molar-refractivity contribution < 1.29 is 10.2 Å². The number of hydrogen-bond acceptors (Lipinski definition) is 2. The molecule has 54 valence electrons. The third-order valence-electron chi connectivity index (χ3n) is 2.17. The van der Waals surface area contributed by atoms with Crippen LogP contribution in [0, 0.1) is 5.92 Å². The molecule has 0 aromatic heterocycles. The van der Waals surface area contributed by atoms with E-state index in [1.54, 1.807) is 0 Å². The van der Waals surface area contributed by atoms with Gasteiger partial charge in [0.2, 0.25) is 0 Å². The number of aliphatic hydroxyl groups is 2. The van der Waals surface area contributed by atoms with Gasteiger partial charge in [-0.25, -0.2) is 0 Å². The van der Waals surface area contributed by atoms with Crippen LogP contribution < -0.4 is 0 Å². The van der Waals surface area contributed by atoms with Crippen LogP contribution in [0.3, 0.4) is 0 Å². The first-order valence-corrected chi connectivity index (χ1v) is 3.60. The first-order valence-electron chi connectivity index (χ1n) is 3.60. The minimum Gasteiger partial charge on any atom is -0.390 e. The molecule has 0 aromatic rings. The summed E-state index contributed by atoms with van der Waals surface area (Å²) in [5.41, 5.74) is 0. The fraction of sp³-hybridized carbons (Fsp3) is 1.00. The van der Waals surface area contributed by atoms with Crippen LogP contribution in [-0.4, -0.2) is 22.4 Å². The Hall–Kier alpha value is -0.0800. The van der Waals surface area contributed by atoms with Crippen molar-refractivity contribution in [1.29, 1.82) is 0 Å². The molecule has 2 heteroatoms. The van der Waals surface area contributed by atoms with Crippen LogP contribution >= 0.6 is 0 Å². The predicted octanol–water partition coefficient (Wildman–Crippen LogP) is 0.528. The van der Waals surface area contributed by atoms with Gasteiger partial charge in [-0.3, -0.25) is 0 Å². The summed E-state index contributed by atoms with van der Waals surface area (Å²) in [4.78, 5) is 0. The van der Waals surface area contributed by atoms with Crippen LogP contribution in [0.15, 0.2) is 0 Å². The van der Waals surface area contributed by atoms with Crippen LogP contribution in [0.25, 0.3) is 0 Å². The first-order chi connectivity index (χ1) is 4.24. The van der Waals surface area contributed by atoms with Gasteiger partial charge in [0.1, 0.15) is 0 Å². The molecule has 2 unspecified atom stereocenters. The molecule has 0 spiro atoms. The van der Waals surface area contributed by atoms with Crippen LogP contribution in [0.1, 0.15) is 26.2 Å². The molecule has 1 aliphatic rings. The summed E-state index contributed by atoms with van der Waals surface area (Å²) in [6.07, 6.45) is 1.76. The van der Waals surface area contributed by atoms with E-state index in [1.165, 1.54) is 0 Å². The van der Waals surface area contributed by atoms with E-state index in [4.69, 9.17) is 10.2 Å². The Morgan fingerprint density at radius 2 is 1.67 bits per heavy atom. The maximum atomic E-state index is 9.05. The van der Waals surface area contributed by atoms with Crippen molar-refractivity contribution in [2.75, 3.05) is 0 Å². The van der Waals surface area contributed by atoms with Gasteiger partial charge >= 0.3 is 0 Å². The standard InChI is InChI=1S/C7H14O2/c1-2-5-3-6(8)7(9)4-5/h5-9H,2-4H2,1H3. The Kier molecular flexibility index (Phi) is 2.09. The summed E-state index contributed by atoms with van der Waals surface area (Å²) < 4.78 is 0. The Balaban J connectivity index is 2.35. The molecule has 2 N–H and O–H groups in total. The molecule has 1 rings (SSSR count). The van der Waals surface area contributed by atoms with Gasteiger partial charge in [0.25, 0.3) is 0 Å². The van der Waals surface area contributed by atoms with Gasteiger partial charge in [0, 0.05) is 0 Å². The van der Waals surface area contributed by atoms with Crippen molar-refractivity contribution in [2.24, 2.45) is 5.92 Å². The Morgan fingerprint density at radius 1 is 1.22 bits per heavy atom. The highest BCUT2D eigenvalue weighted by atomic mass is 16.3. The molecule has 2 atom stereocenters. The Bertz CT molecular complexity index is 82.9. The van der Waals surface area contributed by atoms with E-state index in [0.29, 0.717) is 5.92 Å². The van der Waals surface area contributed by atoms with Gasteiger partial charge in [-0.2, -0.15) is 0 Å². The Labute approximate surface area is 55.5 Å². The zero-order chi connectivity index (χ0) is 6.85. The highest BCUT2D eigenvalue weighted by Gasteiger charge is 2.29. The molecule has 2 nitrogen and oxygen atoms in total. The minimum absolute atomic E-state index is 0.449. The lowest BCUT2D eigenvalue weighted by molar-refractivity contribution is 0.0438. The van der Waals surface area contributed by atoms with Gasteiger partial charge in [0.15, 0.2) is 0 Å². The van der Waals surface area contributed by atoms with Gasteiger partial charge in [-0.15, -0.1) is 0 Å². The molecule has 1 saturated carbocycles. The zero-order valence-corrected chi connectivity index (χ0v) is 5.75. The van der Waals surface area contributed by atoms with Crippen LogP contribution in [-0.2, 0) is 0 Å². The second-order valence-electron chi connectivity index (χ2n) is 2.88. The zero-order valence-electron chi connectivity index (χ0n) is 5.75. The summed E-state index contributed by atoms with van der Waals surface area (Å²) in [6, 6.07) is 0. The Morgan fingerprint density at radius 3 is 1.89 bits per heavy atom. The van der Waals surface area contributed by atoms with Crippen LogP contribution in [0.5, 0.6) is 0 Å². The van der Waals surface area contributed by atoms with Gasteiger partial charge in [-0.1, -0.05) is 13.3 Å². The highest BCUT2D eigenvalue weighted by Crippen LogP contribution is 2.27. The smallest absolute Gasteiger partial charge is 0.0801 e. The van der Waals surface area contributed by atoms with E-state index in [-0.39, 0.29) is 0 Å². The third kappa shape index (κ3) is 1.43. The molecule has 1 fully saturated rings. The average Bonchev–Trinajstić information content (AvgIpc) is 2.13. The van der Waals surface area contributed by atoms with Crippen LogP contribution in [0.4, 0.5) is 0 Å². The average molecular weight is 130 g/mol. The molecule has 0 bridgehead atoms. The van der Waals surface area contributed by atoms with E-state index in [1.807, 2.05) is 0 Å². The van der Waals surface area contributed by atoms with E-state index in [0.717, 1.165) is 19.3 Å². The quantitative estimate of drug-likeness (QED) is 0.543. The molecule has 1 aliphatic carbocycles. The third-order valence-corrected chi connectivity index (χ3v) is 2.17. The van der Waals surface area contributed by atoms with Gasteiger partial charge in [0.05, 0.1) is 12.2 Å². The molecule has 0 aliphatic heterocycles. The van der Waals surface area contributed by atoms with Gasteiger partial charge in [-0.05, 0) is 18.8 Å². The maximum absolute atomic E-state index is 9.05. The summed E-state index contributed by atoms with van der Waals surface area (Å²) in [5.74, 6) is 0.551. The summed E-state index contributed by atoms with van der Waals surface area (Å²) in [5, 5.41) is 18.1. The fourth-order valence-electron chi connectivity index (χ4n) is 1.43. The van der Waals surface area contributed by atoms with Crippen molar-refractivity contribution >= 4 is 0 Å². The van der Waals surface area contributed by atoms with Crippen molar-refractivity contribution in [1.82, 2.24) is 0 Å². The largest absolute Gasteiger partial charge is 0.390 e. The molecular weight excluding hydrogens is 116 g/mol. The molecule has 0 heterocycles. The SMILES string of the molecule is CCC1CC(O)C(O)C1. The normalized spacial score (nSPS) is 43.7. The van der Waals surface area contributed by atoms with Gasteiger partial charge < -0.3 is 10.2 Å². The molecule has 0 aromatic carbocycles. The summed E-state index contributed by atoms with van der Waals surface area (Å²) in [6.45, 7) is 2.09. The lowest BCUT2D eigenvalue weighted by atomic mass is 10.1. The fourth-order valence-corrected chi connectivity index (χ4v) is 1.43. The minimum atomic E-state index is -0.449. The second kappa shape index (κ2) is 2.67. The number of hydrogen-bond donors (Lipinski definition) is 2. The molecular formula is C7H14O2. The van der Waals surface area contributed by atoms with E-state index in [2.05, 4.69) is 6.92 Å². The first kappa shape index (κ1) is 7.03. The predicted molar refractivity (Wildman–Crippen MR) is 35.0 cm³/mol. The second-order valence-corrected chi connectivity index (χ2v) is 2.88. The van der Waals surface area contributed by atoms with Crippen molar-refractivity contribution in [3.05, 3.63) is 0 Å². The molecule has 0 saturated heterocycles. The van der Waals surface area contributed by atoms with E-state index < -0.39 is 12.2 Å². The van der Waals surface area contributed by atoms with E-state index >= 15 is 0 Å². The summed E-state index contributed by atoms with van der Waals surface area (Å²) >= 11 is 0. The van der Waals surface area contributed by atoms with Crippen molar-refractivity contribution in [3.63, 3.8) is 0 Å². The maximum Gasteiger partial charge on any atom is 0.0801 e. The highest BCUT2D eigenvalue weighted by molar-refractivity contribution is 4.81. The summed E-state index contributed by atoms with van der Waals surface area (Å²) in [7, 11) is 0. The van der Waals surface area contributed by atoms with E-state index in [9.17, 15) is 0 Å². The molecule has 9 heavy (non-hydrogen) atoms. The topological polar surface area (TPSA) is 40.5 Å². The van der Waals surface area contributed by atoms with Crippen LogP contribution in [0.2, 0.25) is 0 Å². The number of rotatable bonds is 1. The molecule has 0 amide bonds. The molecule has 0 radical (unpaired) electrons. The monoisotopic (exact) mass is 130 g/mol. The van der Waals surface area contributed by atoms with Crippen molar-refractivity contribution in [2.45, 2.75) is 38.4 Å². The lowest BCUT2D eigenvalue weighted by Gasteiger charge is -2.03. The lowest BCUT2D eigenvalue weighted by Crippen LogP contribution is -2.17. The van der Waals surface area contributed by atoms with Crippen molar-refractivity contribution in [3.8, 4) is 0 Å². The number of aliphatic hydroxyl groups excluding tert-OH is 2.